The van der Waals surface area contributed by atoms with E-state index in [0.29, 0.717) is 35.1 Å². The van der Waals surface area contributed by atoms with E-state index in [1.807, 2.05) is 20.8 Å². The molecule has 30 heavy (non-hydrogen) atoms. The third-order valence-electron chi connectivity index (χ3n) is 4.78. The molecule has 0 spiro atoms. The van der Waals surface area contributed by atoms with Crippen molar-refractivity contribution in [1.82, 2.24) is 24.9 Å². The van der Waals surface area contributed by atoms with Gasteiger partial charge in [-0.2, -0.15) is 10.2 Å². The van der Waals surface area contributed by atoms with Gasteiger partial charge in [-0.1, -0.05) is 18.5 Å². The molecule has 3 heterocycles. The number of nitrogens with one attached hydrogen (secondary N) is 2. The number of aromatic nitrogens is 4. The normalized spacial score (nSPS) is 12.0. The SMILES string of the molecule is CCC(C(=O)Nc1cn(CC)nc1C(=O)NCc1ccco1)n1nc(C)c(Cl)c1C. The van der Waals surface area contributed by atoms with Gasteiger partial charge in [0, 0.05) is 12.7 Å². The van der Waals surface area contributed by atoms with E-state index in [9.17, 15) is 9.59 Å². The number of hydrogen-bond donors (Lipinski definition) is 2. The summed E-state index contributed by atoms with van der Waals surface area (Å²) in [6.45, 7) is 8.18. The second-order valence-electron chi connectivity index (χ2n) is 6.85. The first-order chi connectivity index (χ1) is 14.3. The summed E-state index contributed by atoms with van der Waals surface area (Å²) in [5, 5.41) is 14.8. The minimum Gasteiger partial charge on any atom is -0.467 e. The van der Waals surface area contributed by atoms with Crippen molar-refractivity contribution in [2.75, 3.05) is 5.32 Å². The molecule has 160 valence electrons. The number of hydrogen-bond acceptors (Lipinski definition) is 5. The number of carbonyl (C=O) groups is 2. The van der Waals surface area contributed by atoms with Crippen molar-refractivity contribution in [3.05, 3.63) is 52.5 Å². The van der Waals surface area contributed by atoms with Crippen LogP contribution in [0.3, 0.4) is 0 Å². The van der Waals surface area contributed by atoms with Crippen LogP contribution >= 0.6 is 11.6 Å². The number of aryl methyl sites for hydroxylation is 2. The largest absolute Gasteiger partial charge is 0.467 e. The first-order valence-electron chi connectivity index (χ1n) is 9.75. The van der Waals surface area contributed by atoms with Crippen LogP contribution in [0.15, 0.2) is 29.0 Å². The van der Waals surface area contributed by atoms with Crippen LogP contribution in [-0.4, -0.2) is 31.4 Å². The summed E-state index contributed by atoms with van der Waals surface area (Å²) in [5.41, 5.74) is 1.86. The molecule has 0 saturated carbocycles. The van der Waals surface area contributed by atoms with Crippen molar-refractivity contribution in [1.29, 1.82) is 0 Å². The Morgan fingerprint density at radius 1 is 1.27 bits per heavy atom. The van der Waals surface area contributed by atoms with E-state index < -0.39 is 11.9 Å². The van der Waals surface area contributed by atoms with Gasteiger partial charge in [-0.05, 0) is 39.3 Å². The molecule has 2 N–H and O–H groups in total. The zero-order valence-electron chi connectivity index (χ0n) is 17.4. The van der Waals surface area contributed by atoms with Gasteiger partial charge in [0.05, 0.1) is 34.9 Å². The summed E-state index contributed by atoms with van der Waals surface area (Å²) in [4.78, 5) is 25.7. The quantitative estimate of drug-likeness (QED) is 0.566. The molecule has 1 unspecified atom stereocenters. The lowest BCUT2D eigenvalue weighted by Gasteiger charge is -2.17. The van der Waals surface area contributed by atoms with Crippen molar-refractivity contribution in [2.45, 2.75) is 53.2 Å². The van der Waals surface area contributed by atoms with Crippen molar-refractivity contribution in [3.8, 4) is 0 Å². The number of carbonyl (C=O) groups excluding carboxylic acids is 2. The predicted molar refractivity (Wildman–Crippen MR) is 112 cm³/mol. The lowest BCUT2D eigenvalue weighted by atomic mass is 10.2. The molecule has 9 nitrogen and oxygen atoms in total. The van der Waals surface area contributed by atoms with E-state index in [1.165, 1.54) is 6.26 Å². The monoisotopic (exact) mass is 432 g/mol. The minimum atomic E-state index is -0.569. The number of halogens is 1. The number of furan rings is 1. The van der Waals surface area contributed by atoms with Crippen molar-refractivity contribution in [2.24, 2.45) is 0 Å². The Bertz CT molecular complexity index is 1040. The van der Waals surface area contributed by atoms with Crippen LogP contribution in [0.4, 0.5) is 5.69 Å². The molecule has 3 rings (SSSR count). The molecule has 10 heteroatoms. The van der Waals surface area contributed by atoms with Crippen LogP contribution < -0.4 is 10.6 Å². The molecule has 3 aromatic rings. The Labute approximate surface area is 179 Å². The number of rotatable bonds is 8. The lowest BCUT2D eigenvalue weighted by Crippen LogP contribution is -2.29. The Morgan fingerprint density at radius 3 is 2.60 bits per heavy atom. The fourth-order valence-electron chi connectivity index (χ4n) is 3.14. The highest BCUT2D eigenvalue weighted by Crippen LogP contribution is 2.25. The highest BCUT2D eigenvalue weighted by Gasteiger charge is 2.26. The Hall–Kier alpha value is -3.07. The molecule has 0 aliphatic rings. The van der Waals surface area contributed by atoms with Crippen molar-refractivity contribution >= 4 is 29.1 Å². The Kier molecular flexibility index (Phi) is 6.61. The molecule has 0 fully saturated rings. The maximum atomic E-state index is 13.0. The molecule has 0 saturated heterocycles. The molecule has 0 radical (unpaired) electrons. The standard InChI is InChI=1S/C20H25ClN6O3/c1-5-16(27-13(4)17(21)12(3)24-27)19(28)23-15-11-26(6-2)25-18(15)20(29)22-10-14-8-7-9-30-14/h7-9,11,16H,5-6,10H2,1-4H3,(H,22,29)(H,23,28). The fraction of sp³-hybridized carbons (Fsp3) is 0.400. The van der Waals surface area contributed by atoms with Crippen LogP contribution in [0.2, 0.25) is 5.02 Å². The maximum Gasteiger partial charge on any atom is 0.274 e. The molecule has 1 atom stereocenters. The summed E-state index contributed by atoms with van der Waals surface area (Å²) in [5.74, 6) is -0.0806. The Morgan fingerprint density at radius 2 is 2.03 bits per heavy atom. The minimum absolute atomic E-state index is 0.137. The first kappa shape index (κ1) is 21.6. The summed E-state index contributed by atoms with van der Waals surface area (Å²) in [6.07, 6.45) is 3.68. The summed E-state index contributed by atoms with van der Waals surface area (Å²) in [6, 6.07) is 2.94. The molecule has 0 aromatic carbocycles. The van der Waals surface area contributed by atoms with E-state index >= 15 is 0 Å². The molecule has 2 amide bonds. The smallest absolute Gasteiger partial charge is 0.274 e. The van der Waals surface area contributed by atoms with E-state index in [1.54, 1.807) is 34.6 Å². The van der Waals surface area contributed by atoms with Gasteiger partial charge >= 0.3 is 0 Å². The van der Waals surface area contributed by atoms with Crippen LogP contribution in [0.25, 0.3) is 0 Å². The highest BCUT2D eigenvalue weighted by molar-refractivity contribution is 6.31. The topological polar surface area (TPSA) is 107 Å². The van der Waals surface area contributed by atoms with Gasteiger partial charge in [-0.25, -0.2) is 0 Å². The summed E-state index contributed by atoms with van der Waals surface area (Å²) >= 11 is 6.24. The maximum absolute atomic E-state index is 13.0. The molecular formula is C20H25ClN6O3. The van der Waals surface area contributed by atoms with Crippen LogP contribution in [0.1, 0.15) is 53.9 Å². The van der Waals surface area contributed by atoms with Crippen LogP contribution in [0, 0.1) is 13.8 Å². The number of nitrogens with zero attached hydrogens (tertiary/aromatic N) is 4. The zero-order chi connectivity index (χ0) is 21.8. The number of anilines is 1. The van der Waals surface area contributed by atoms with Crippen molar-refractivity contribution < 1.29 is 14.0 Å². The van der Waals surface area contributed by atoms with Gasteiger partial charge < -0.3 is 15.1 Å². The molecule has 0 aliphatic carbocycles. The Balaban J connectivity index is 1.80. The third-order valence-corrected chi connectivity index (χ3v) is 5.33. The molecule has 3 aromatic heterocycles. The molecule has 0 aliphatic heterocycles. The first-order valence-corrected chi connectivity index (χ1v) is 10.1. The molecular weight excluding hydrogens is 408 g/mol. The van der Waals surface area contributed by atoms with E-state index in [2.05, 4.69) is 20.8 Å². The second kappa shape index (κ2) is 9.17. The molecule has 0 bridgehead atoms. The predicted octanol–water partition coefficient (Wildman–Crippen LogP) is 3.48. The van der Waals surface area contributed by atoms with E-state index in [4.69, 9.17) is 16.0 Å². The average Bonchev–Trinajstić information content (AvgIpc) is 3.44. The highest BCUT2D eigenvalue weighted by atomic mass is 35.5. The van der Waals surface area contributed by atoms with Gasteiger partial charge in [-0.3, -0.25) is 19.0 Å². The third kappa shape index (κ3) is 4.40. The second-order valence-corrected chi connectivity index (χ2v) is 7.23. The van der Waals surface area contributed by atoms with E-state index in [0.717, 1.165) is 5.69 Å². The summed E-state index contributed by atoms with van der Waals surface area (Å²) in [7, 11) is 0. The van der Waals surface area contributed by atoms with Gasteiger partial charge in [0.15, 0.2) is 5.69 Å². The zero-order valence-corrected chi connectivity index (χ0v) is 18.2. The van der Waals surface area contributed by atoms with Gasteiger partial charge in [0.1, 0.15) is 11.8 Å². The fourth-order valence-corrected chi connectivity index (χ4v) is 3.26. The average molecular weight is 433 g/mol. The lowest BCUT2D eigenvalue weighted by molar-refractivity contribution is -0.119. The van der Waals surface area contributed by atoms with Crippen LogP contribution in [-0.2, 0) is 17.9 Å². The summed E-state index contributed by atoms with van der Waals surface area (Å²) < 4.78 is 8.44. The number of amides is 2. The van der Waals surface area contributed by atoms with Gasteiger partial charge in [0.2, 0.25) is 5.91 Å². The van der Waals surface area contributed by atoms with E-state index in [-0.39, 0.29) is 18.1 Å². The van der Waals surface area contributed by atoms with Crippen molar-refractivity contribution in [3.63, 3.8) is 0 Å². The van der Waals surface area contributed by atoms with Gasteiger partial charge in [0.25, 0.3) is 5.91 Å². The van der Waals surface area contributed by atoms with Gasteiger partial charge in [-0.15, -0.1) is 0 Å². The van der Waals surface area contributed by atoms with Crippen LogP contribution in [0.5, 0.6) is 0 Å².